The van der Waals surface area contributed by atoms with Crippen LogP contribution in [0.15, 0.2) is 63.6 Å². The molecule has 3 aromatic rings. The molecule has 4 rings (SSSR count). The van der Waals surface area contributed by atoms with Gasteiger partial charge in [0.15, 0.2) is 21.4 Å². The minimum Gasteiger partial charge on any atom is -0.606 e. The first kappa shape index (κ1) is 22.9. The fraction of sp³-hybridized carbons (Fsp3) is 0.217. The van der Waals surface area contributed by atoms with Gasteiger partial charge in [-0.2, -0.15) is 4.39 Å². The Hall–Kier alpha value is -2.32. The van der Waals surface area contributed by atoms with E-state index in [1.165, 1.54) is 18.3 Å². The number of amidine groups is 1. The lowest BCUT2D eigenvalue weighted by Gasteiger charge is -2.25. The molecule has 0 aliphatic carbocycles. The fourth-order valence-corrected chi connectivity index (χ4v) is 5.16. The first-order valence-corrected chi connectivity index (χ1v) is 11.8. The van der Waals surface area contributed by atoms with Gasteiger partial charge >= 0.3 is 0 Å². The zero-order chi connectivity index (χ0) is 22.8. The van der Waals surface area contributed by atoms with Crippen LogP contribution in [-0.2, 0) is 22.4 Å². The van der Waals surface area contributed by atoms with Crippen LogP contribution in [0.25, 0.3) is 0 Å². The van der Waals surface area contributed by atoms with Gasteiger partial charge in [-0.3, -0.25) is 4.98 Å². The molecular weight excluding hydrogens is 472 g/mol. The SMILES string of the molecule is Cc1ccc(CC2CON=C(c3cc(C)ncc3[S+]([O-])c3cccc(Cl)c3F)N2)c(Cl)c1. The molecule has 0 bridgehead atoms. The van der Waals surface area contributed by atoms with Crippen molar-refractivity contribution in [3.8, 4) is 0 Å². The van der Waals surface area contributed by atoms with Crippen molar-refractivity contribution < 1.29 is 13.8 Å². The zero-order valence-electron chi connectivity index (χ0n) is 17.4. The number of hydrogen-bond donors (Lipinski definition) is 1. The summed E-state index contributed by atoms with van der Waals surface area (Å²) in [7, 11) is 0. The molecule has 0 saturated heterocycles. The Balaban J connectivity index is 1.64. The minimum absolute atomic E-state index is 0.0234. The summed E-state index contributed by atoms with van der Waals surface area (Å²) in [5.74, 6) is -0.318. The number of nitrogens with one attached hydrogen (secondary N) is 1. The largest absolute Gasteiger partial charge is 0.606 e. The van der Waals surface area contributed by atoms with E-state index in [4.69, 9.17) is 28.0 Å². The number of aromatic nitrogens is 1. The summed E-state index contributed by atoms with van der Waals surface area (Å²) in [5, 5.41) is 8.08. The highest BCUT2D eigenvalue weighted by atomic mass is 35.5. The lowest BCUT2D eigenvalue weighted by Crippen LogP contribution is -2.44. The van der Waals surface area contributed by atoms with Crippen LogP contribution in [0, 0.1) is 19.7 Å². The maximum atomic E-state index is 14.5. The second-order valence-corrected chi connectivity index (χ2v) is 9.75. The summed E-state index contributed by atoms with van der Waals surface area (Å²) in [6.07, 6.45) is 2.08. The van der Waals surface area contributed by atoms with Gasteiger partial charge < -0.3 is 14.7 Å². The number of nitrogens with zero attached hydrogens (tertiary/aromatic N) is 2. The monoisotopic (exact) mass is 491 g/mol. The van der Waals surface area contributed by atoms with E-state index in [1.54, 1.807) is 12.1 Å². The number of hydrogen-bond acceptors (Lipinski definition) is 5. The molecule has 2 atom stereocenters. The van der Waals surface area contributed by atoms with E-state index in [0.29, 0.717) is 40.0 Å². The molecule has 2 unspecified atom stereocenters. The van der Waals surface area contributed by atoms with Gasteiger partial charge in [0.2, 0.25) is 0 Å². The van der Waals surface area contributed by atoms with Crippen LogP contribution in [0.3, 0.4) is 0 Å². The third kappa shape index (κ3) is 4.86. The molecule has 5 nitrogen and oxygen atoms in total. The van der Waals surface area contributed by atoms with Gasteiger partial charge in [0.1, 0.15) is 6.61 Å². The molecule has 9 heteroatoms. The highest BCUT2D eigenvalue weighted by Crippen LogP contribution is 2.30. The standard InChI is InChI=1S/C23H20Cl2FN3O2S/c1-13-6-7-15(19(25)8-13)10-16-12-31-29-23(28-16)17-9-14(2)27-11-21(17)32(30)20-5-3-4-18(24)22(20)26/h3-9,11,16H,10,12H2,1-2H3,(H,28,29). The second-order valence-electron chi connectivity index (χ2n) is 7.52. The van der Waals surface area contributed by atoms with Gasteiger partial charge in [0.05, 0.1) is 22.8 Å². The number of pyridine rings is 1. The second kappa shape index (κ2) is 9.67. The highest BCUT2D eigenvalue weighted by Gasteiger charge is 2.29. The molecule has 0 fully saturated rings. The quantitative estimate of drug-likeness (QED) is 0.497. The number of oxime groups is 1. The van der Waals surface area contributed by atoms with E-state index in [-0.39, 0.29) is 16.0 Å². The molecule has 32 heavy (non-hydrogen) atoms. The average Bonchev–Trinajstić information content (AvgIpc) is 2.77. The van der Waals surface area contributed by atoms with Crippen LogP contribution < -0.4 is 5.32 Å². The Bertz CT molecular complexity index is 1190. The molecule has 0 radical (unpaired) electrons. The Labute approximate surface area is 198 Å². The molecule has 166 valence electrons. The normalized spacial score (nSPS) is 16.7. The number of aryl methyl sites for hydroxylation is 2. The zero-order valence-corrected chi connectivity index (χ0v) is 19.7. The number of rotatable bonds is 5. The van der Waals surface area contributed by atoms with E-state index < -0.39 is 17.0 Å². The van der Waals surface area contributed by atoms with Crippen LogP contribution in [0.1, 0.15) is 22.4 Å². The summed E-state index contributed by atoms with van der Waals surface area (Å²) >= 11 is 10.4. The molecular formula is C23H20Cl2FN3O2S. The number of halogens is 3. The van der Waals surface area contributed by atoms with Gasteiger partial charge in [0.25, 0.3) is 0 Å². The number of benzene rings is 2. The molecule has 0 amide bonds. The van der Waals surface area contributed by atoms with Crippen LogP contribution in [0.4, 0.5) is 4.39 Å². The topological polar surface area (TPSA) is 69.6 Å². The van der Waals surface area contributed by atoms with Gasteiger partial charge in [-0.15, -0.1) is 0 Å². The summed E-state index contributed by atoms with van der Waals surface area (Å²) in [6.45, 7) is 4.14. The Morgan fingerprint density at radius 1 is 1.16 bits per heavy atom. The van der Waals surface area contributed by atoms with Gasteiger partial charge in [-0.1, -0.05) is 46.6 Å². The summed E-state index contributed by atoms with van der Waals surface area (Å²) in [4.78, 5) is 10.0. The summed E-state index contributed by atoms with van der Waals surface area (Å²) in [6, 6.07) is 12.0. The Kier molecular flexibility index (Phi) is 6.90. The molecule has 1 N–H and O–H groups in total. The third-order valence-electron chi connectivity index (χ3n) is 5.02. The summed E-state index contributed by atoms with van der Waals surface area (Å²) < 4.78 is 27.8. The molecule has 1 aliphatic heterocycles. The van der Waals surface area contributed by atoms with Crippen LogP contribution in [0.5, 0.6) is 0 Å². The Morgan fingerprint density at radius 2 is 1.97 bits per heavy atom. The molecule has 0 saturated carbocycles. The van der Waals surface area contributed by atoms with Crippen LogP contribution in [-0.4, -0.2) is 28.0 Å². The van der Waals surface area contributed by atoms with Gasteiger partial charge in [-0.25, -0.2) is 0 Å². The smallest absolute Gasteiger partial charge is 0.197 e. The van der Waals surface area contributed by atoms with E-state index in [0.717, 1.165) is 11.1 Å². The van der Waals surface area contributed by atoms with Crippen molar-refractivity contribution in [2.75, 3.05) is 6.61 Å². The lowest BCUT2D eigenvalue weighted by molar-refractivity contribution is 0.109. The van der Waals surface area contributed by atoms with Gasteiger partial charge in [-0.05, 0) is 55.7 Å². The predicted molar refractivity (Wildman–Crippen MR) is 124 cm³/mol. The van der Waals surface area contributed by atoms with Crippen molar-refractivity contribution in [3.05, 3.63) is 86.9 Å². The maximum absolute atomic E-state index is 14.5. The molecule has 0 spiro atoms. The van der Waals surface area contributed by atoms with Crippen molar-refractivity contribution in [1.82, 2.24) is 10.3 Å². The van der Waals surface area contributed by atoms with Crippen molar-refractivity contribution in [2.45, 2.75) is 36.1 Å². The molecule has 1 aliphatic rings. The lowest BCUT2D eigenvalue weighted by atomic mass is 10.0. The van der Waals surface area contributed by atoms with E-state index in [9.17, 15) is 8.94 Å². The van der Waals surface area contributed by atoms with Crippen molar-refractivity contribution in [2.24, 2.45) is 5.16 Å². The van der Waals surface area contributed by atoms with E-state index in [1.807, 2.05) is 32.0 Å². The summed E-state index contributed by atoms with van der Waals surface area (Å²) in [5.41, 5.74) is 3.28. The highest BCUT2D eigenvalue weighted by molar-refractivity contribution is 7.91. The van der Waals surface area contributed by atoms with Crippen LogP contribution in [0.2, 0.25) is 10.0 Å². The average molecular weight is 492 g/mol. The molecule has 2 aromatic carbocycles. The van der Waals surface area contributed by atoms with Crippen molar-refractivity contribution in [1.29, 1.82) is 0 Å². The molecule has 2 heterocycles. The maximum Gasteiger partial charge on any atom is 0.197 e. The predicted octanol–water partition coefficient (Wildman–Crippen LogP) is 5.20. The van der Waals surface area contributed by atoms with Crippen molar-refractivity contribution in [3.63, 3.8) is 0 Å². The first-order chi connectivity index (χ1) is 15.3. The van der Waals surface area contributed by atoms with Gasteiger partial charge in [0, 0.05) is 21.9 Å². The minimum atomic E-state index is -1.87. The molecule has 1 aromatic heterocycles. The van der Waals surface area contributed by atoms with Crippen molar-refractivity contribution >= 4 is 40.2 Å². The van der Waals surface area contributed by atoms with Crippen LogP contribution >= 0.6 is 23.2 Å². The fourth-order valence-electron chi connectivity index (χ4n) is 3.40. The van der Waals surface area contributed by atoms with E-state index in [2.05, 4.69) is 15.5 Å². The first-order valence-electron chi connectivity index (χ1n) is 9.88. The Morgan fingerprint density at radius 3 is 2.75 bits per heavy atom. The van der Waals surface area contributed by atoms with E-state index >= 15 is 0 Å². The third-order valence-corrected chi connectivity index (χ3v) is 7.11.